The Bertz CT molecular complexity index is 285. The van der Waals surface area contributed by atoms with Crippen molar-refractivity contribution in [3.05, 3.63) is 0 Å². The van der Waals surface area contributed by atoms with Gasteiger partial charge in [-0.05, 0) is 19.9 Å². The normalized spacial score (nSPS) is 23.5. The summed E-state index contributed by atoms with van der Waals surface area (Å²) in [5, 5.41) is 4.28. The molecule has 0 radical (unpaired) electrons. The lowest BCUT2D eigenvalue weighted by Gasteiger charge is -2.23. The number of carbonyl (C=O) groups is 1. The van der Waals surface area contributed by atoms with Crippen molar-refractivity contribution in [2.24, 2.45) is 11.0 Å². The second-order valence-corrected chi connectivity index (χ2v) is 5.29. The molecule has 96 valence electrons. The Morgan fingerprint density at radius 2 is 1.88 bits per heavy atom. The Balaban J connectivity index is 1.76. The molecule has 2 aliphatic rings. The predicted octanol–water partition coefficient (Wildman–Crippen LogP) is 1.76. The van der Waals surface area contributed by atoms with Crippen molar-refractivity contribution in [1.82, 2.24) is 10.3 Å². The molecule has 0 spiro atoms. The van der Waals surface area contributed by atoms with Gasteiger partial charge in [0, 0.05) is 37.6 Å². The van der Waals surface area contributed by atoms with Crippen molar-refractivity contribution < 1.29 is 4.79 Å². The van der Waals surface area contributed by atoms with Gasteiger partial charge in [0.25, 0.3) is 0 Å². The molecule has 1 N–H and O–H groups in total. The van der Waals surface area contributed by atoms with Gasteiger partial charge in [0.2, 0.25) is 5.91 Å². The Hall–Kier alpha value is -0.900. The van der Waals surface area contributed by atoms with Crippen molar-refractivity contribution in [3.8, 4) is 0 Å². The maximum atomic E-state index is 11.9. The average molecular weight is 237 g/mol. The van der Waals surface area contributed by atoms with Crippen LogP contribution >= 0.6 is 0 Å². The van der Waals surface area contributed by atoms with E-state index in [2.05, 4.69) is 22.5 Å². The fourth-order valence-electron chi connectivity index (χ4n) is 2.58. The van der Waals surface area contributed by atoms with Crippen LogP contribution in [0.5, 0.6) is 0 Å². The second kappa shape index (κ2) is 6.15. The smallest absolute Gasteiger partial charge is 0.243 e. The maximum Gasteiger partial charge on any atom is 0.243 e. The van der Waals surface area contributed by atoms with Gasteiger partial charge in [-0.25, -0.2) is 5.43 Å². The molecule has 1 saturated heterocycles. The molecule has 0 bridgehead atoms. The first kappa shape index (κ1) is 12.6. The van der Waals surface area contributed by atoms with Gasteiger partial charge < -0.3 is 4.90 Å². The number of hydrazone groups is 1. The number of carbonyl (C=O) groups excluding carboxylic acids is 1. The lowest BCUT2D eigenvalue weighted by Crippen LogP contribution is -2.33. The third kappa shape index (κ3) is 3.80. The van der Waals surface area contributed by atoms with Crippen molar-refractivity contribution in [3.63, 3.8) is 0 Å². The number of hydrogen-bond donors (Lipinski definition) is 1. The molecule has 0 atom stereocenters. The first-order valence-electron chi connectivity index (χ1n) is 6.79. The molecule has 0 aromatic rings. The van der Waals surface area contributed by atoms with Gasteiger partial charge in [0.15, 0.2) is 0 Å². The van der Waals surface area contributed by atoms with Gasteiger partial charge in [0.1, 0.15) is 0 Å². The van der Waals surface area contributed by atoms with E-state index >= 15 is 0 Å². The minimum Gasteiger partial charge on any atom is -0.306 e. The fourth-order valence-corrected chi connectivity index (χ4v) is 2.58. The molecule has 0 aromatic heterocycles. The van der Waals surface area contributed by atoms with E-state index in [4.69, 9.17) is 0 Å². The van der Waals surface area contributed by atoms with Gasteiger partial charge in [-0.3, -0.25) is 4.79 Å². The highest BCUT2D eigenvalue weighted by molar-refractivity contribution is 5.87. The van der Waals surface area contributed by atoms with Crippen molar-refractivity contribution in [2.45, 2.75) is 44.9 Å². The molecule has 1 amide bonds. The van der Waals surface area contributed by atoms with E-state index in [1.807, 2.05) is 0 Å². The molecule has 4 nitrogen and oxygen atoms in total. The molecule has 4 heteroatoms. The molecule has 0 unspecified atom stereocenters. The van der Waals surface area contributed by atoms with Crippen LogP contribution in [0.1, 0.15) is 44.9 Å². The van der Waals surface area contributed by atoms with E-state index in [0.29, 0.717) is 0 Å². The highest BCUT2D eigenvalue weighted by Crippen LogP contribution is 2.23. The Labute approximate surface area is 103 Å². The van der Waals surface area contributed by atoms with Crippen LogP contribution in [0.15, 0.2) is 5.10 Å². The van der Waals surface area contributed by atoms with Crippen molar-refractivity contribution in [1.29, 1.82) is 0 Å². The average Bonchev–Trinajstić information content (AvgIpc) is 2.39. The summed E-state index contributed by atoms with van der Waals surface area (Å²) in [6, 6.07) is 0. The van der Waals surface area contributed by atoms with Crippen LogP contribution in [0.4, 0.5) is 0 Å². The molecular weight excluding hydrogens is 214 g/mol. The van der Waals surface area contributed by atoms with Gasteiger partial charge in [0.05, 0.1) is 0 Å². The number of hydrogen-bond acceptors (Lipinski definition) is 3. The quantitative estimate of drug-likeness (QED) is 0.744. The van der Waals surface area contributed by atoms with Crippen LogP contribution in [0.3, 0.4) is 0 Å². The SMILES string of the molecule is CN1CCC(=NNC(=O)C2CCCCC2)CC1. The zero-order valence-corrected chi connectivity index (χ0v) is 10.7. The Morgan fingerprint density at radius 1 is 1.24 bits per heavy atom. The van der Waals surface area contributed by atoms with Crippen molar-refractivity contribution >= 4 is 11.6 Å². The van der Waals surface area contributed by atoms with Crippen LogP contribution in [-0.2, 0) is 4.79 Å². The largest absolute Gasteiger partial charge is 0.306 e. The fraction of sp³-hybridized carbons (Fsp3) is 0.846. The van der Waals surface area contributed by atoms with E-state index in [0.717, 1.165) is 44.5 Å². The van der Waals surface area contributed by atoms with Crippen LogP contribution < -0.4 is 5.43 Å². The lowest BCUT2D eigenvalue weighted by atomic mass is 9.89. The number of amides is 1. The molecule has 17 heavy (non-hydrogen) atoms. The van der Waals surface area contributed by atoms with E-state index < -0.39 is 0 Å². The monoisotopic (exact) mass is 237 g/mol. The topological polar surface area (TPSA) is 44.7 Å². The summed E-state index contributed by atoms with van der Waals surface area (Å²) in [6.07, 6.45) is 7.73. The second-order valence-electron chi connectivity index (χ2n) is 5.29. The van der Waals surface area contributed by atoms with Gasteiger partial charge in [-0.15, -0.1) is 0 Å². The van der Waals surface area contributed by atoms with Crippen LogP contribution in [0.25, 0.3) is 0 Å². The van der Waals surface area contributed by atoms with Gasteiger partial charge in [-0.1, -0.05) is 19.3 Å². The Kier molecular flexibility index (Phi) is 4.54. The molecule has 1 saturated carbocycles. The zero-order chi connectivity index (χ0) is 12.1. The van der Waals surface area contributed by atoms with Crippen LogP contribution in [0.2, 0.25) is 0 Å². The summed E-state index contributed by atoms with van der Waals surface area (Å²) in [5.41, 5.74) is 3.91. The van der Waals surface area contributed by atoms with E-state index in [-0.39, 0.29) is 11.8 Å². The zero-order valence-electron chi connectivity index (χ0n) is 10.7. The van der Waals surface area contributed by atoms with Crippen LogP contribution in [-0.4, -0.2) is 36.7 Å². The molecule has 1 aliphatic heterocycles. The summed E-state index contributed by atoms with van der Waals surface area (Å²) < 4.78 is 0. The minimum atomic E-state index is 0.135. The molecule has 1 aliphatic carbocycles. The summed E-state index contributed by atoms with van der Waals surface area (Å²) in [4.78, 5) is 14.2. The molecular formula is C13H23N3O. The number of rotatable bonds is 2. The van der Waals surface area contributed by atoms with Gasteiger partial charge >= 0.3 is 0 Å². The third-order valence-electron chi connectivity index (χ3n) is 3.86. The standard InChI is InChI=1S/C13H23N3O/c1-16-9-7-12(8-10-16)14-15-13(17)11-5-3-2-4-6-11/h11H,2-10H2,1H3,(H,15,17). The van der Waals surface area contributed by atoms with Gasteiger partial charge in [-0.2, -0.15) is 5.10 Å². The Morgan fingerprint density at radius 3 is 2.53 bits per heavy atom. The summed E-state index contributed by atoms with van der Waals surface area (Å²) >= 11 is 0. The molecule has 0 aromatic carbocycles. The molecule has 1 heterocycles. The number of piperidine rings is 1. The number of nitrogens with zero attached hydrogens (tertiary/aromatic N) is 2. The summed E-state index contributed by atoms with van der Waals surface area (Å²) in [5.74, 6) is 0.343. The van der Waals surface area contributed by atoms with E-state index in [9.17, 15) is 4.79 Å². The maximum absolute atomic E-state index is 11.9. The van der Waals surface area contributed by atoms with E-state index in [1.165, 1.54) is 19.3 Å². The highest BCUT2D eigenvalue weighted by atomic mass is 16.2. The van der Waals surface area contributed by atoms with Crippen LogP contribution in [0, 0.1) is 5.92 Å². The number of nitrogens with one attached hydrogen (secondary N) is 1. The third-order valence-corrected chi connectivity index (χ3v) is 3.86. The molecule has 2 rings (SSSR count). The first-order chi connectivity index (χ1) is 8.25. The first-order valence-corrected chi connectivity index (χ1v) is 6.79. The lowest BCUT2D eigenvalue weighted by molar-refractivity contribution is -0.125. The minimum absolute atomic E-state index is 0.135. The number of likely N-dealkylation sites (tertiary alicyclic amines) is 1. The van der Waals surface area contributed by atoms with E-state index in [1.54, 1.807) is 0 Å². The highest BCUT2D eigenvalue weighted by Gasteiger charge is 2.21. The molecule has 2 fully saturated rings. The predicted molar refractivity (Wildman–Crippen MR) is 68.9 cm³/mol. The van der Waals surface area contributed by atoms with Crippen molar-refractivity contribution in [2.75, 3.05) is 20.1 Å². The summed E-state index contributed by atoms with van der Waals surface area (Å²) in [7, 11) is 2.12. The summed E-state index contributed by atoms with van der Waals surface area (Å²) in [6.45, 7) is 2.11.